The van der Waals surface area contributed by atoms with Gasteiger partial charge in [-0.2, -0.15) is 0 Å². The van der Waals surface area contributed by atoms with Gasteiger partial charge in [-0.15, -0.1) is 0 Å². The van der Waals surface area contributed by atoms with Gasteiger partial charge in [-0.3, -0.25) is 0 Å². The molecule has 24 heavy (non-hydrogen) atoms. The van der Waals surface area contributed by atoms with Crippen LogP contribution < -0.4 is 5.32 Å². The number of nitro benzene ring substituents is 1. The Morgan fingerprint density at radius 3 is 2.62 bits per heavy atom. The molecule has 0 radical (unpaired) electrons. The molecule has 0 spiro atoms. The van der Waals surface area contributed by atoms with Crippen LogP contribution in [0.5, 0.6) is 0 Å². The molecule has 0 saturated carbocycles. The van der Waals surface area contributed by atoms with E-state index >= 15 is 0 Å². The van der Waals surface area contributed by atoms with E-state index in [0.29, 0.717) is 5.69 Å². The Hall–Kier alpha value is -1.66. The van der Waals surface area contributed by atoms with Crippen molar-refractivity contribution in [2.75, 3.05) is 11.9 Å². The molecule has 1 aliphatic heterocycles. The Kier molecular flexibility index (Phi) is 4.78. The van der Waals surface area contributed by atoms with Crippen molar-refractivity contribution in [1.29, 1.82) is 0 Å². The van der Waals surface area contributed by atoms with Crippen LogP contribution in [0.25, 0.3) is 11.0 Å². The number of ether oxygens (including phenoxy) is 1. The van der Waals surface area contributed by atoms with Gasteiger partial charge in [-0.05, 0) is 0 Å². The number of hydrogen-bond donors (Lipinski definition) is 5. The SMILES string of the molecule is O=[N+]([O-])c1ccc(N[C@H]2C(O)O[C@H](CO)[C@@H](O)[C@@H]2O)c2n[se]nc12. The third kappa shape index (κ3) is 2.89. The van der Waals surface area contributed by atoms with Crippen LogP contribution in [0.15, 0.2) is 12.1 Å². The second kappa shape index (κ2) is 6.69. The van der Waals surface area contributed by atoms with E-state index in [1.807, 2.05) is 0 Å². The second-order valence-electron chi connectivity index (χ2n) is 5.25. The van der Waals surface area contributed by atoms with Crippen molar-refractivity contribution in [2.24, 2.45) is 0 Å². The van der Waals surface area contributed by atoms with Crippen molar-refractivity contribution in [3.8, 4) is 0 Å². The average Bonchev–Trinajstić information content (AvgIpc) is 3.04. The van der Waals surface area contributed by atoms with Crippen molar-refractivity contribution in [3.05, 3.63) is 22.2 Å². The van der Waals surface area contributed by atoms with Gasteiger partial charge in [0, 0.05) is 0 Å². The number of aromatic nitrogens is 2. The molecular formula is C12H14N4O7Se. The van der Waals surface area contributed by atoms with Crippen molar-refractivity contribution in [1.82, 2.24) is 7.96 Å². The van der Waals surface area contributed by atoms with E-state index in [9.17, 15) is 25.4 Å². The summed E-state index contributed by atoms with van der Waals surface area (Å²) in [4.78, 5) is 10.4. The van der Waals surface area contributed by atoms with Crippen molar-refractivity contribution >= 4 is 37.4 Å². The van der Waals surface area contributed by atoms with Crippen LogP contribution in [0.2, 0.25) is 0 Å². The van der Waals surface area contributed by atoms with E-state index in [4.69, 9.17) is 9.84 Å². The van der Waals surface area contributed by atoms with Gasteiger partial charge in [0.25, 0.3) is 0 Å². The number of nitrogens with zero attached hydrogens (tertiary/aromatic N) is 3. The van der Waals surface area contributed by atoms with E-state index in [1.54, 1.807) is 0 Å². The number of aliphatic hydroxyl groups is 4. The molecule has 1 unspecified atom stereocenters. The topological polar surface area (TPSA) is 171 Å². The molecular weight excluding hydrogens is 391 g/mol. The quantitative estimate of drug-likeness (QED) is 0.214. The third-order valence-corrected chi connectivity index (χ3v) is 4.92. The normalized spacial score (nSPS) is 30.4. The van der Waals surface area contributed by atoms with Crippen LogP contribution in [0.3, 0.4) is 0 Å². The summed E-state index contributed by atoms with van der Waals surface area (Å²) < 4.78 is 13.2. The predicted molar refractivity (Wildman–Crippen MR) is 80.5 cm³/mol. The molecule has 0 aliphatic carbocycles. The summed E-state index contributed by atoms with van der Waals surface area (Å²) >= 11 is -0.521. The number of nitro groups is 1. The van der Waals surface area contributed by atoms with E-state index < -0.39 is 57.1 Å². The summed E-state index contributed by atoms with van der Waals surface area (Å²) in [6.07, 6.45) is -5.46. The number of aliphatic hydroxyl groups excluding tert-OH is 4. The maximum absolute atomic E-state index is 11.0. The molecule has 0 bridgehead atoms. The molecule has 1 aliphatic rings. The van der Waals surface area contributed by atoms with Crippen LogP contribution in [-0.2, 0) is 4.74 Å². The number of rotatable bonds is 4. The Morgan fingerprint density at radius 2 is 1.96 bits per heavy atom. The van der Waals surface area contributed by atoms with Gasteiger partial charge in [0.2, 0.25) is 0 Å². The molecule has 1 aromatic heterocycles. The monoisotopic (exact) mass is 406 g/mol. The maximum atomic E-state index is 11.0. The molecule has 2 aromatic rings. The second-order valence-corrected chi connectivity index (χ2v) is 6.36. The summed E-state index contributed by atoms with van der Waals surface area (Å²) in [6, 6.07) is 1.52. The van der Waals surface area contributed by atoms with E-state index in [1.165, 1.54) is 12.1 Å². The van der Waals surface area contributed by atoms with Gasteiger partial charge in [-0.1, -0.05) is 0 Å². The zero-order valence-electron chi connectivity index (χ0n) is 12.0. The molecule has 12 heteroatoms. The Balaban J connectivity index is 1.91. The number of fused-ring (bicyclic) bond motifs is 1. The molecule has 11 nitrogen and oxygen atoms in total. The molecule has 130 valence electrons. The first kappa shape index (κ1) is 17.2. The first-order chi connectivity index (χ1) is 11.4. The molecule has 1 aromatic carbocycles. The first-order valence-electron chi connectivity index (χ1n) is 6.90. The molecule has 2 heterocycles. The summed E-state index contributed by atoms with van der Waals surface area (Å²) in [5, 5.41) is 52.9. The molecule has 1 saturated heterocycles. The van der Waals surface area contributed by atoms with E-state index in [2.05, 4.69) is 13.3 Å². The van der Waals surface area contributed by atoms with Crippen LogP contribution in [0, 0.1) is 10.1 Å². The van der Waals surface area contributed by atoms with E-state index in [0.717, 1.165) is 0 Å². The number of hydrogen-bond acceptors (Lipinski definition) is 10. The number of benzene rings is 1. The van der Waals surface area contributed by atoms with E-state index in [-0.39, 0.29) is 16.7 Å². The molecule has 5 atom stereocenters. The van der Waals surface area contributed by atoms with Gasteiger partial charge in [-0.25, -0.2) is 0 Å². The van der Waals surface area contributed by atoms with Crippen LogP contribution >= 0.6 is 0 Å². The van der Waals surface area contributed by atoms with Gasteiger partial charge < -0.3 is 0 Å². The number of non-ortho nitro benzene ring substituents is 1. The van der Waals surface area contributed by atoms with Gasteiger partial charge in [0.15, 0.2) is 0 Å². The minimum absolute atomic E-state index is 0.138. The van der Waals surface area contributed by atoms with Gasteiger partial charge in [0.05, 0.1) is 0 Å². The van der Waals surface area contributed by atoms with Crippen LogP contribution in [0.4, 0.5) is 11.4 Å². The van der Waals surface area contributed by atoms with Gasteiger partial charge in [0.1, 0.15) is 0 Å². The number of anilines is 1. The number of nitrogens with one attached hydrogen (secondary N) is 1. The van der Waals surface area contributed by atoms with Crippen molar-refractivity contribution in [2.45, 2.75) is 30.6 Å². The van der Waals surface area contributed by atoms with Crippen molar-refractivity contribution < 1.29 is 30.1 Å². The summed E-state index contributed by atoms with van der Waals surface area (Å²) in [5.74, 6) is 0. The molecule has 5 N–H and O–H groups in total. The summed E-state index contributed by atoms with van der Waals surface area (Å²) in [5.41, 5.74) is 0.544. The summed E-state index contributed by atoms with van der Waals surface area (Å²) in [7, 11) is 0. The Morgan fingerprint density at radius 1 is 1.25 bits per heavy atom. The summed E-state index contributed by atoms with van der Waals surface area (Å²) in [6.45, 7) is -0.564. The van der Waals surface area contributed by atoms with Crippen LogP contribution in [0.1, 0.15) is 0 Å². The standard InChI is InChI=1S/C12H14N4O7Se/c17-3-6-10(18)11(19)9(12(20)23-6)13-4-1-2-5(16(21)22)8-7(4)14-24-15-8/h1-2,6,9-13,17-20H,3H2/t6-,9-,10-,11-,12?/m1/s1. The fraction of sp³-hybridized carbons (Fsp3) is 0.500. The minimum atomic E-state index is -1.50. The Bertz CT molecular complexity index is 756. The predicted octanol–water partition coefficient (Wildman–Crippen LogP) is -2.19. The van der Waals surface area contributed by atoms with Crippen LogP contribution in [-0.4, -0.2) is 85.5 Å². The zero-order valence-corrected chi connectivity index (χ0v) is 13.7. The first-order valence-corrected chi connectivity index (χ1v) is 8.44. The fourth-order valence-corrected chi connectivity index (χ4v) is 3.74. The van der Waals surface area contributed by atoms with Gasteiger partial charge >= 0.3 is 140 Å². The molecule has 1 fully saturated rings. The zero-order chi connectivity index (χ0) is 17.4. The molecule has 3 rings (SSSR count). The Labute approximate surface area is 140 Å². The molecule has 0 amide bonds. The average molecular weight is 405 g/mol. The third-order valence-electron chi connectivity index (χ3n) is 3.81. The van der Waals surface area contributed by atoms with Crippen molar-refractivity contribution in [3.63, 3.8) is 0 Å². The fourth-order valence-electron chi connectivity index (χ4n) is 2.55.